The van der Waals surface area contributed by atoms with Crippen molar-refractivity contribution in [2.24, 2.45) is 355 Å². The maximum atomic E-state index is 1.33. The van der Waals surface area contributed by atoms with Gasteiger partial charge < -0.3 is 0 Å². The SMILES string of the molecule is C12C3C4C5C1C1C6C7C2C2C8C3C3C9C4C4C%10C5C5C1C1C6C6C%11C7C2C2C7C8C3C3C8C9C4C4C9C%10C5C5C1C1C6C6C%11C2C2C7C3C3C8C4C4C9C5C1C1C6C2C3C41. The Morgan fingerprint density at radius 3 is 0.0667 bits per heavy atom. The van der Waals surface area contributed by atoms with E-state index in [-0.39, 0.29) is 0 Å². The first-order valence-electron chi connectivity index (χ1n) is 30.0. The predicted octanol–water partition coefficient (Wildman–Crippen LogP) is 7.38. The summed E-state index contributed by atoms with van der Waals surface area (Å²) in [5, 5.41) is 0. The Morgan fingerprint density at radius 1 is 0.0333 bits per heavy atom. The van der Waals surface area contributed by atoms with Gasteiger partial charge in [0.2, 0.25) is 0 Å². The van der Waals surface area contributed by atoms with Crippen LogP contribution in [-0.4, -0.2) is 0 Å². The summed E-state index contributed by atoms with van der Waals surface area (Å²) in [6.45, 7) is 0. The van der Waals surface area contributed by atoms with Crippen LogP contribution in [0, 0.1) is 355 Å². The third-order valence-electron chi connectivity index (χ3n) is 40.0. The molecule has 32 saturated carbocycles. The van der Waals surface area contributed by atoms with Crippen LogP contribution in [0.3, 0.4) is 0 Å². The molecule has 0 saturated heterocycles. The van der Waals surface area contributed by atoms with E-state index in [2.05, 4.69) is 0 Å². The van der Waals surface area contributed by atoms with Crippen LogP contribution in [0.15, 0.2) is 0 Å². The molecule has 0 aromatic rings. The summed E-state index contributed by atoms with van der Waals surface area (Å²) >= 11 is 0. The summed E-state index contributed by atoms with van der Waals surface area (Å²) in [5.41, 5.74) is 0. The average molecular weight is 781 g/mol. The Hall–Kier alpha value is 0. The summed E-state index contributed by atoms with van der Waals surface area (Å²) < 4.78 is 0. The van der Waals surface area contributed by atoms with Crippen molar-refractivity contribution in [1.82, 2.24) is 0 Å². The third kappa shape index (κ3) is 1.45. The normalized spacial score (nSPS) is 108. The summed E-state index contributed by atoms with van der Waals surface area (Å²) in [5.74, 6) is 80.0. The van der Waals surface area contributed by atoms with Crippen LogP contribution in [0.2, 0.25) is 0 Å². The van der Waals surface area contributed by atoms with Gasteiger partial charge in [-0.25, -0.2) is 0 Å². The van der Waals surface area contributed by atoms with E-state index in [1.54, 1.807) is 0 Å². The maximum Gasteiger partial charge on any atom is -0.0312 e. The van der Waals surface area contributed by atoms with Gasteiger partial charge in [0.25, 0.3) is 0 Å². The first-order chi connectivity index (χ1) is 30.0. The van der Waals surface area contributed by atoms with Crippen LogP contribution in [0.25, 0.3) is 0 Å². The molecule has 0 amide bonds. The third-order valence-corrected chi connectivity index (χ3v) is 40.0. The summed E-state index contributed by atoms with van der Waals surface area (Å²) in [6, 6.07) is 0. The molecule has 0 unspecified atom stereocenters. The highest BCUT2D eigenvalue weighted by molar-refractivity contribution is 5.49. The van der Waals surface area contributed by atoms with E-state index in [4.69, 9.17) is 0 Å². The molecule has 0 aliphatic heterocycles. The molecule has 0 heteroatoms. The standard InChI is InChI=1S/C60H60/c1-2-5-6-3(1)8-12-10-4(1)9-11-7(2)17-21-13(5)23-24-14(6)22-18(8)28-20(12)30-26-16(10)15(9)25-29-19(11)27(17)37-41-31(21)33(23)43-44-34(24)32(22)42-38(28)48-40(30)46-36(26)35(25)45-39(29)47(37)55-49(41)51(43)57-52(44)50(42)56(48)59-54(46)53(45)58(55)60(57)59/h1-60H. The molecule has 0 aromatic heterocycles. The molecule has 32 fully saturated rings. The van der Waals surface area contributed by atoms with Gasteiger partial charge in [-0.2, -0.15) is 0 Å². The van der Waals surface area contributed by atoms with Gasteiger partial charge in [-0.15, -0.1) is 0 Å². The van der Waals surface area contributed by atoms with Crippen molar-refractivity contribution in [2.45, 2.75) is 0 Å². The Kier molecular flexibility index (Phi) is 2.63. The molecule has 0 bridgehead atoms. The van der Waals surface area contributed by atoms with Crippen molar-refractivity contribution in [2.75, 3.05) is 0 Å². The molecule has 60 heavy (non-hydrogen) atoms. The lowest BCUT2D eigenvalue weighted by molar-refractivity contribution is -0.183. The largest absolute Gasteiger partial charge is 0.0312 e. The Morgan fingerprint density at radius 2 is 0.0500 bits per heavy atom. The van der Waals surface area contributed by atoms with Gasteiger partial charge in [0.05, 0.1) is 0 Å². The smallest absolute Gasteiger partial charge is 0.0312 e. The zero-order valence-electron chi connectivity index (χ0n) is 34.6. The number of hydrogen-bond donors (Lipinski definition) is 0. The van der Waals surface area contributed by atoms with Gasteiger partial charge >= 0.3 is 0 Å². The van der Waals surface area contributed by atoms with Gasteiger partial charge in [-0.3, -0.25) is 0 Å². The maximum absolute atomic E-state index is 1.33. The quantitative estimate of drug-likeness (QED) is 0.241. The van der Waals surface area contributed by atoms with Crippen molar-refractivity contribution in [3.8, 4) is 0 Å². The van der Waals surface area contributed by atoms with E-state index in [0.717, 1.165) is 0 Å². The Balaban J connectivity index is 0.911. The zero-order chi connectivity index (χ0) is 34.6. The fraction of sp³-hybridized carbons (Fsp3) is 1.00. The zero-order valence-corrected chi connectivity index (χ0v) is 34.6. The van der Waals surface area contributed by atoms with Gasteiger partial charge in [0.15, 0.2) is 0 Å². The molecule has 0 aromatic carbocycles. The second-order valence-corrected chi connectivity index (χ2v) is 34.6. The van der Waals surface area contributed by atoms with E-state index in [1.165, 1.54) is 355 Å². The highest BCUT2D eigenvalue weighted by atomic mass is 15.1. The monoisotopic (exact) mass is 780 g/mol. The van der Waals surface area contributed by atoms with E-state index in [1.807, 2.05) is 0 Å². The van der Waals surface area contributed by atoms with Crippen LogP contribution in [-0.2, 0) is 0 Å². The first kappa shape index (κ1) is 25.8. The van der Waals surface area contributed by atoms with Crippen LogP contribution < -0.4 is 0 Å². The lowest BCUT2D eigenvalue weighted by atomic mass is 9.39. The lowest BCUT2D eigenvalue weighted by Gasteiger charge is -2.65. The predicted molar refractivity (Wildman–Crippen MR) is 209 cm³/mol. The first-order valence-corrected chi connectivity index (χ1v) is 30.0. The second kappa shape index (κ2) is 6.13. The van der Waals surface area contributed by atoms with Crippen LogP contribution >= 0.6 is 0 Å². The summed E-state index contributed by atoms with van der Waals surface area (Å²) in [4.78, 5) is 0. The molecule has 300 valence electrons. The van der Waals surface area contributed by atoms with E-state index >= 15 is 0 Å². The highest BCUT2D eigenvalue weighted by Crippen LogP contribution is 3.06. The molecule has 0 spiro atoms. The van der Waals surface area contributed by atoms with Gasteiger partial charge in [0, 0.05) is 0 Å². The van der Waals surface area contributed by atoms with Crippen LogP contribution in [0.5, 0.6) is 0 Å². The molecule has 32 aliphatic rings. The number of hydrogen-bond acceptors (Lipinski definition) is 0. The molecule has 0 N–H and O–H groups in total. The number of rotatable bonds is 0. The minimum atomic E-state index is 1.33. The van der Waals surface area contributed by atoms with Crippen molar-refractivity contribution in [3.63, 3.8) is 0 Å². The van der Waals surface area contributed by atoms with Gasteiger partial charge in [0.1, 0.15) is 0 Å². The van der Waals surface area contributed by atoms with Crippen molar-refractivity contribution < 1.29 is 0 Å². The average Bonchev–Trinajstić information content (AvgIpc) is 4.09. The minimum absolute atomic E-state index is 1.33. The molecule has 32 aliphatic carbocycles. The molecule has 0 radical (unpaired) electrons. The van der Waals surface area contributed by atoms with Crippen molar-refractivity contribution >= 4 is 0 Å². The topological polar surface area (TPSA) is 0 Å². The molecule has 0 atom stereocenters. The fourth-order valence-electron chi connectivity index (χ4n) is 46.2. The Labute approximate surface area is 353 Å². The second-order valence-electron chi connectivity index (χ2n) is 34.6. The minimum Gasteiger partial charge on any atom is -0.0312 e. The van der Waals surface area contributed by atoms with Crippen molar-refractivity contribution in [1.29, 1.82) is 0 Å². The highest BCUT2D eigenvalue weighted by Gasteiger charge is 3.02. The summed E-state index contributed by atoms with van der Waals surface area (Å²) in [7, 11) is 0. The lowest BCUT2D eigenvalue weighted by Crippen LogP contribution is -2.62. The summed E-state index contributed by atoms with van der Waals surface area (Å²) in [6.07, 6.45) is 0. The van der Waals surface area contributed by atoms with Gasteiger partial charge in [-0.05, 0) is 355 Å². The van der Waals surface area contributed by atoms with Gasteiger partial charge in [-0.1, -0.05) is 0 Å². The van der Waals surface area contributed by atoms with E-state index in [0.29, 0.717) is 0 Å². The van der Waals surface area contributed by atoms with E-state index in [9.17, 15) is 0 Å². The Bertz CT molecular complexity index is 1350. The molecular weight excluding hydrogens is 721 g/mol. The molecule has 0 nitrogen and oxygen atoms in total. The van der Waals surface area contributed by atoms with E-state index < -0.39 is 0 Å². The van der Waals surface area contributed by atoms with Crippen molar-refractivity contribution in [3.05, 3.63) is 0 Å². The van der Waals surface area contributed by atoms with Crippen LogP contribution in [0.4, 0.5) is 0 Å². The molecular formula is C60H60. The molecule has 0 heterocycles. The molecule has 32 rings (SSSR count). The fourth-order valence-corrected chi connectivity index (χ4v) is 46.2. The van der Waals surface area contributed by atoms with Crippen LogP contribution in [0.1, 0.15) is 0 Å².